The SMILES string of the molecule is CCC1NC(=O)N(c2cccc(NC(=O)N3Cc4cccc(Cl)c4C3)c2)C1=O. The number of hydrogen-bond acceptors (Lipinski definition) is 3. The lowest BCUT2D eigenvalue weighted by molar-refractivity contribution is -0.118. The average molecular weight is 399 g/mol. The largest absolute Gasteiger partial charge is 0.329 e. The van der Waals surface area contributed by atoms with Crippen molar-refractivity contribution >= 4 is 40.9 Å². The molecule has 1 atom stereocenters. The number of nitrogens with one attached hydrogen (secondary N) is 2. The number of amides is 5. The second-order valence-corrected chi connectivity index (χ2v) is 7.21. The van der Waals surface area contributed by atoms with Crippen molar-refractivity contribution in [3.63, 3.8) is 0 Å². The van der Waals surface area contributed by atoms with Crippen molar-refractivity contribution in [2.24, 2.45) is 0 Å². The van der Waals surface area contributed by atoms with Crippen LogP contribution in [0, 0.1) is 0 Å². The fraction of sp³-hybridized carbons (Fsp3) is 0.250. The van der Waals surface area contributed by atoms with Crippen LogP contribution in [0.25, 0.3) is 0 Å². The average Bonchev–Trinajstić information content (AvgIpc) is 3.24. The summed E-state index contributed by atoms with van der Waals surface area (Å²) in [6.07, 6.45) is 0.523. The van der Waals surface area contributed by atoms with Gasteiger partial charge >= 0.3 is 12.1 Å². The molecular formula is C20H19ClN4O3. The highest BCUT2D eigenvalue weighted by Gasteiger charge is 2.38. The van der Waals surface area contributed by atoms with Gasteiger partial charge in [-0.05, 0) is 41.8 Å². The van der Waals surface area contributed by atoms with E-state index < -0.39 is 12.1 Å². The molecule has 28 heavy (non-hydrogen) atoms. The fourth-order valence-corrected chi connectivity index (χ4v) is 3.76. The van der Waals surface area contributed by atoms with E-state index in [1.54, 1.807) is 29.2 Å². The summed E-state index contributed by atoms with van der Waals surface area (Å²) in [5.41, 5.74) is 2.91. The first-order valence-corrected chi connectivity index (χ1v) is 9.42. The number of halogens is 1. The van der Waals surface area contributed by atoms with Gasteiger partial charge in [0.1, 0.15) is 6.04 Å². The van der Waals surface area contributed by atoms with Crippen molar-refractivity contribution in [3.05, 3.63) is 58.6 Å². The van der Waals surface area contributed by atoms with Gasteiger partial charge in [-0.3, -0.25) is 4.79 Å². The van der Waals surface area contributed by atoms with Crippen LogP contribution in [-0.2, 0) is 17.9 Å². The molecule has 4 rings (SSSR count). The Balaban J connectivity index is 1.49. The zero-order valence-corrected chi connectivity index (χ0v) is 16.0. The van der Waals surface area contributed by atoms with Gasteiger partial charge in [-0.25, -0.2) is 14.5 Å². The number of benzene rings is 2. The van der Waals surface area contributed by atoms with Gasteiger partial charge in [0.15, 0.2) is 0 Å². The van der Waals surface area contributed by atoms with Gasteiger partial charge < -0.3 is 15.5 Å². The Labute approximate surface area is 167 Å². The van der Waals surface area contributed by atoms with Gasteiger partial charge in [-0.2, -0.15) is 0 Å². The first kappa shape index (κ1) is 18.3. The van der Waals surface area contributed by atoms with E-state index in [4.69, 9.17) is 11.6 Å². The smallest absolute Gasteiger partial charge is 0.325 e. The summed E-state index contributed by atoms with van der Waals surface area (Å²) in [6, 6.07) is 11.1. The zero-order chi connectivity index (χ0) is 19.8. The molecule has 2 aliphatic rings. The molecule has 2 heterocycles. The number of fused-ring (bicyclic) bond motifs is 1. The maximum Gasteiger partial charge on any atom is 0.329 e. The third-order valence-corrected chi connectivity index (χ3v) is 5.35. The molecule has 144 valence electrons. The predicted octanol–water partition coefficient (Wildman–Crippen LogP) is 3.72. The molecule has 2 aliphatic heterocycles. The van der Waals surface area contributed by atoms with Crippen LogP contribution in [0.4, 0.5) is 21.0 Å². The minimum absolute atomic E-state index is 0.270. The number of rotatable bonds is 3. The van der Waals surface area contributed by atoms with Gasteiger partial charge in [0, 0.05) is 23.8 Å². The van der Waals surface area contributed by atoms with Crippen LogP contribution in [0.15, 0.2) is 42.5 Å². The van der Waals surface area contributed by atoms with Crippen molar-refractivity contribution in [2.75, 3.05) is 10.2 Å². The van der Waals surface area contributed by atoms with E-state index in [0.29, 0.717) is 35.9 Å². The number of carbonyl (C=O) groups is 3. The van der Waals surface area contributed by atoms with Crippen LogP contribution in [0.1, 0.15) is 24.5 Å². The molecule has 2 aromatic rings. The van der Waals surface area contributed by atoms with Crippen LogP contribution in [-0.4, -0.2) is 28.9 Å². The summed E-state index contributed by atoms with van der Waals surface area (Å²) < 4.78 is 0. The highest BCUT2D eigenvalue weighted by molar-refractivity contribution is 6.31. The lowest BCUT2D eigenvalue weighted by atomic mass is 10.1. The Kier molecular flexibility index (Phi) is 4.68. The van der Waals surface area contributed by atoms with E-state index in [2.05, 4.69) is 10.6 Å². The van der Waals surface area contributed by atoms with Gasteiger partial charge in [0.05, 0.1) is 5.69 Å². The maximum absolute atomic E-state index is 12.7. The summed E-state index contributed by atoms with van der Waals surface area (Å²) in [4.78, 5) is 40.0. The Morgan fingerprint density at radius 2 is 2.00 bits per heavy atom. The van der Waals surface area contributed by atoms with Gasteiger partial charge in [0.25, 0.3) is 5.91 Å². The lowest BCUT2D eigenvalue weighted by Gasteiger charge is -2.18. The van der Waals surface area contributed by atoms with Crippen LogP contribution in [0.2, 0.25) is 5.02 Å². The topological polar surface area (TPSA) is 81.8 Å². The van der Waals surface area contributed by atoms with E-state index in [9.17, 15) is 14.4 Å². The van der Waals surface area contributed by atoms with Crippen molar-refractivity contribution in [1.29, 1.82) is 0 Å². The monoisotopic (exact) mass is 398 g/mol. The molecule has 1 saturated heterocycles. The molecule has 0 saturated carbocycles. The Bertz CT molecular complexity index is 978. The van der Waals surface area contributed by atoms with Crippen LogP contribution < -0.4 is 15.5 Å². The van der Waals surface area contributed by atoms with Crippen molar-refractivity contribution in [3.8, 4) is 0 Å². The van der Waals surface area contributed by atoms with Crippen molar-refractivity contribution in [2.45, 2.75) is 32.5 Å². The molecule has 7 nitrogen and oxygen atoms in total. The van der Waals surface area contributed by atoms with E-state index in [-0.39, 0.29) is 11.9 Å². The molecule has 1 unspecified atom stereocenters. The number of urea groups is 2. The van der Waals surface area contributed by atoms with Crippen LogP contribution in [0.3, 0.4) is 0 Å². The summed E-state index contributed by atoms with van der Waals surface area (Å²) in [5.74, 6) is -0.291. The number of carbonyl (C=O) groups excluding carboxylic acids is 3. The quantitative estimate of drug-likeness (QED) is 0.773. The summed E-state index contributed by atoms with van der Waals surface area (Å²) in [7, 11) is 0. The Morgan fingerprint density at radius 3 is 2.71 bits per heavy atom. The van der Waals surface area contributed by atoms with Crippen LogP contribution in [0.5, 0.6) is 0 Å². The van der Waals surface area contributed by atoms with Crippen molar-refractivity contribution in [1.82, 2.24) is 10.2 Å². The molecule has 0 radical (unpaired) electrons. The molecule has 1 fully saturated rings. The molecular weight excluding hydrogens is 380 g/mol. The van der Waals surface area contributed by atoms with Gasteiger partial charge in [-0.15, -0.1) is 0 Å². The molecule has 2 aromatic carbocycles. The predicted molar refractivity (Wildman–Crippen MR) is 106 cm³/mol. The first-order chi connectivity index (χ1) is 13.5. The molecule has 0 bridgehead atoms. The van der Waals surface area contributed by atoms with E-state index >= 15 is 0 Å². The van der Waals surface area contributed by atoms with E-state index in [1.807, 2.05) is 25.1 Å². The number of nitrogens with zero attached hydrogens (tertiary/aromatic N) is 2. The third-order valence-electron chi connectivity index (χ3n) is 5.00. The van der Waals surface area contributed by atoms with E-state index in [1.165, 1.54) is 0 Å². The lowest BCUT2D eigenvalue weighted by Crippen LogP contribution is -2.32. The molecule has 0 spiro atoms. The van der Waals surface area contributed by atoms with E-state index in [0.717, 1.165) is 16.0 Å². The zero-order valence-electron chi connectivity index (χ0n) is 15.2. The highest BCUT2D eigenvalue weighted by Crippen LogP contribution is 2.30. The molecule has 0 aliphatic carbocycles. The minimum atomic E-state index is -0.515. The molecule has 0 aromatic heterocycles. The highest BCUT2D eigenvalue weighted by atomic mass is 35.5. The summed E-state index contributed by atoms with van der Waals surface area (Å²) >= 11 is 6.21. The summed E-state index contributed by atoms with van der Waals surface area (Å²) in [5, 5.41) is 6.13. The number of hydrogen-bond donors (Lipinski definition) is 2. The van der Waals surface area contributed by atoms with Crippen LogP contribution >= 0.6 is 11.6 Å². The first-order valence-electron chi connectivity index (χ1n) is 9.04. The number of anilines is 2. The fourth-order valence-electron chi connectivity index (χ4n) is 3.50. The standard InChI is InChI=1S/C20H19ClN4O3/c1-2-17-18(26)25(20(28)23-17)14-7-4-6-13(9-14)22-19(27)24-10-12-5-3-8-16(21)15(12)11-24/h3-9,17H,2,10-11H2,1H3,(H,22,27)(H,23,28). The second kappa shape index (κ2) is 7.16. The molecule has 2 N–H and O–H groups in total. The van der Waals surface area contributed by atoms with Gasteiger partial charge in [-0.1, -0.05) is 36.7 Å². The van der Waals surface area contributed by atoms with Gasteiger partial charge in [0.2, 0.25) is 0 Å². The molecule has 5 amide bonds. The normalized spacial score (nSPS) is 18.3. The Morgan fingerprint density at radius 1 is 1.21 bits per heavy atom. The maximum atomic E-state index is 12.7. The second-order valence-electron chi connectivity index (χ2n) is 6.80. The Hall–Kier alpha value is -3.06. The molecule has 8 heteroatoms. The summed E-state index contributed by atoms with van der Waals surface area (Å²) in [6.45, 7) is 2.75. The number of imide groups is 1. The van der Waals surface area contributed by atoms with Crippen molar-refractivity contribution < 1.29 is 14.4 Å². The minimum Gasteiger partial charge on any atom is -0.325 e. The third kappa shape index (κ3) is 3.18.